The maximum absolute atomic E-state index is 12.2. The van der Waals surface area contributed by atoms with Crippen molar-refractivity contribution in [2.24, 2.45) is 0 Å². The van der Waals surface area contributed by atoms with Gasteiger partial charge in [-0.15, -0.1) is 23.7 Å². The van der Waals surface area contributed by atoms with Gasteiger partial charge in [-0.3, -0.25) is 9.59 Å². The Bertz CT molecular complexity index is 673. The highest BCUT2D eigenvalue weighted by molar-refractivity contribution is 7.18. The molecule has 138 valence electrons. The molecule has 0 spiro atoms. The molecule has 3 N–H and O–H groups in total. The van der Waals surface area contributed by atoms with Gasteiger partial charge in [0.15, 0.2) is 5.76 Å². The van der Waals surface area contributed by atoms with Crippen molar-refractivity contribution in [1.82, 2.24) is 10.6 Å². The monoisotopic (exact) mass is 387 g/mol. The predicted molar refractivity (Wildman–Crippen MR) is 100 cm³/mol. The minimum Gasteiger partial charge on any atom is -0.459 e. The Balaban J connectivity index is 0.00000312. The lowest BCUT2D eigenvalue weighted by atomic mass is 10.3. The molecule has 2 rings (SSSR count). The third kappa shape index (κ3) is 6.50. The summed E-state index contributed by atoms with van der Waals surface area (Å²) in [6.45, 7) is 4.41. The number of hydrogen-bond acceptors (Lipinski definition) is 6. The van der Waals surface area contributed by atoms with Crippen molar-refractivity contribution in [3.8, 4) is 0 Å². The van der Waals surface area contributed by atoms with E-state index in [1.165, 1.54) is 17.6 Å². The normalized spacial score (nSPS) is 10.2. The van der Waals surface area contributed by atoms with Crippen molar-refractivity contribution in [1.29, 1.82) is 0 Å². The van der Waals surface area contributed by atoms with Gasteiger partial charge in [0.05, 0.1) is 22.7 Å². The smallest absolute Gasteiger partial charge is 0.291 e. The summed E-state index contributed by atoms with van der Waals surface area (Å²) in [4.78, 5) is 24.7. The summed E-state index contributed by atoms with van der Waals surface area (Å²) in [5.41, 5.74) is 0.819. The molecule has 0 saturated carbocycles. The van der Waals surface area contributed by atoms with Crippen molar-refractivity contribution >= 4 is 40.6 Å². The molecular weight excluding hydrogens is 366 g/mol. The number of halogens is 1. The standard InChI is InChI=1S/C16H21N3O4S.ClH/c1-11-10-13(19-15(20)12-4-3-8-23-12)24-14(11)16(21)18-6-5-17-7-9-22-2;/h3-4,8,10,17H,5-7,9H2,1-2H3,(H,18,21)(H,19,20);1H. The zero-order chi connectivity index (χ0) is 17.4. The summed E-state index contributed by atoms with van der Waals surface area (Å²) >= 11 is 1.24. The summed E-state index contributed by atoms with van der Waals surface area (Å²) < 4.78 is 9.97. The van der Waals surface area contributed by atoms with Gasteiger partial charge in [-0.2, -0.15) is 0 Å². The second-order valence-electron chi connectivity index (χ2n) is 5.05. The average Bonchev–Trinajstić information content (AvgIpc) is 3.20. The number of carbonyl (C=O) groups is 2. The molecule has 0 aromatic carbocycles. The van der Waals surface area contributed by atoms with Gasteiger partial charge in [0, 0.05) is 26.7 Å². The van der Waals surface area contributed by atoms with Gasteiger partial charge in [0.2, 0.25) is 0 Å². The molecule has 0 aliphatic rings. The lowest BCUT2D eigenvalue weighted by Crippen LogP contribution is -2.32. The first-order chi connectivity index (χ1) is 11.6. The SMILES string of the molecule is COCCNCCNC(=O)c1sc(NC(=O)c2ccco2)cc1C.Cl. The summed E-state index contributed by atoms with van der Waals surface area (Å²) in [5, 5.41) is 9.34. The molecule has 2 aromatic heterocycles. The van der Waals surface area contributed by atoms with Crippen LogP contribution in [0.3, 0.4) is 0 Å². The topological polar surface area (TPSA) is 92.6 Å². The summed E-state index contributed by atoms with van der Waals surface area (Å²) in [5.74, 6) is -0.255. The Hall–Kier alpha value is -1.87. The van der Waals surface area contributed by atoms with Crippen LogP contribution in [0.15, 0.2) is 28.9 Å². The van der Waals surface area contributed by atoms with Crippen LogP contribution in [0.4, 0.5) is 5.00 Å². The van der Waals surface area contributed by atoms with E-state index in [4.69, 9.17) is 9.15 Å². The van der Waals surface area contributed by atoms with E-state index in [1.807, 2.05) is 6.92 Å². The molecule has 2 heterocycles. The average molecular weight is 388 g/mol. The third-order valence-corrected chi connectivity index (χ3v) is 4.33. The van der Waals surface area contributed by atoms with Crippen LogP contribution in [0.2, 0.25) is 0 Å². The number of methoxy groups -OCH3 is 1. The summed E-state index contributed by atoms with van der Waals surface area (Å²) in [6.07, 6.45) is 1.44. The minimum atomic E-state index is -0.337. The quantitative estimate of drug-likeness (QED) is 0.574. The van der Waals surface area contributed by atoms with Crippen molar-refractivity contribution in [3.05, 3.63) is 40.7 Å². The van der Waals surface area contributed by atoms with Crippen molar-refractivity contribution < 1.29 is 18.7 Å². The van der Waals surface area contributed by atoms with Gasteiger partial charge in [-0.05, 0) is 30.7 Å². The fourth-order valence-electron chi connectivity index (χ4n) is 1.99. The molecule has 0 fully saturated rings. The Labute approximate surface area is 156 Å². The molecule has 0 saturated heterocycles. The highest BCUT2D eigenvalue weighted by Gasteiger charge is 2.16. The van der Waals surface area contributed by atoms with Gasteiger partial charge in [-0.1, -0.05) is 0 Å². The number of ether oxygens (including phenoxy) is 1. The van der Waals surface area contributed by atoms with Crippen LogP contribution in [-0.2, 0) is 4.74 Å². The molecule has 2 aromatic rings. The lowest BCUT2D eigenvalue weighted by Gasteiger charge is -2.06. The van der Waals surface area contributed by atoms with Gasteiger partial charge in [-0.25, -0.2) is 0 Å². The van der Waals surface area contributed by atoms with E-state index in [9.17, 15) is 9.59 Å². The molecule has 7 nitrogen and oxygen atoms in total. The lowest BCUT2D eigenvalue weighted by molar-refractivity contribution is 0.0955. The van der Waals surface area contributed by atoms with Crippen molar-refractivity contribution in [3.63, 3.8) is 0 Å². The fraction of sp³-hybridized carbons (Fsp3) is 0.375. The molecule has 0 aliphatic carbocycles. The fourth-order valence-corrected chi connectivity index (χ4v) is 2.98. The third-order valence-electron chi connectivity index (χ3n) is 3.18. The largest absolute Gasteiger partial charge is 0.459 e. The molecule has 25 heavy (non-hydrogen) atoms. The van der Waals surface area contributed by atoms with Crippen LogP contribution in [0, 0.1) is 6.92 Å². The van der Waals surface area contributed by atoms with E-state index in [1.54, 1.807) is 25.3 Å². The number of furan rings is 1. The second-order valence-corrected chi connectivity index (χ2v) is 6.11. The first-order valence-corrected chi connectivity index (χ1v) is 8.36. The first kappa shape index (κ1) is 21.2. The van der Waals surface area contributed by atoms with E-state index in [0.29, 0.717) is 29.6 Å². The van der Waals surface area contributed by atoms with E-state index >= 15 is 0 Å². The number of thiophene rings is 1. The number of carbonyl (C=O) groups excluding carboxylic acids is 2. The number of rotatable bonds is 9. The van der Waals surface area contributed by atoms with Crippen LogP contribution < -0.4 is 16.0 Å². The van der Waals surface area contributed by atoms with Crippen molar-refractivity contribution in [2.45, 2.75) is 6.92 Å². The predicted octanol–water partition coefficient (Wildman–Crippen LogP) is 2.29. The second kappa shape index (κ2) is 10.9. The highest BCUT2D eigenvalue weighted by atomic mass is 35.5. The first-order valence-electron chi connectivity index (χ1n) is 7.55. The van der Waals surface area contributed by atoms with Gasteiger partial charge < -0.3 is 25.1 Å². The van der Waals surface area contributed by atoms with E-state index in [0.717, 1.165) is 12.1 Å². The number of anilines is 1. The zero-order valence-corrected chi connectivity index (χ0v) is 15.7. The highest BCUT2D eigenvalue weighted by Crippen LogP contribution is 2.27. The van der Waals surface area contributed by atoms with Gasteiger partial charge in [0.1, 0.15) is 0 Å². The van der Waals surface area contributed by atoms with Crippen LogP contribution in [0.1, 0.15) is 25.8 Å². The van der Waals surface area contributed by atoms with Gasteiger partial charge in [0.25, 0.3) is 11.8 Å². The molecule has 0 unspecified atom stereocenters. The molecule has 0 radical (unpaired) electrons. The molecule has 9 heteroatoms. The van der Waals surface area contributed by atoms with E-state index < -0.39 is 0 Å². The number of hydrogen-bond donors (Lipinski definition) is 3. The molecule has 0 bridgehead atoms. The van der Waals surface area contributed by atoms with Crippen LogP contribution in [-0.4, -0.2) is 45.2 Å². The Morgan fingerprint density at radius 3 is 2.72 bits per heavy atom. The summed E-state index contributed by atoms with van der Waals surface area (Å²) in [7, 11) is 1.64. The van der Waals surface area contributed by atoms with Crippen molar-refractivity contribution in [2.75, 3.05) is 38.7 Å². The van der Waals surface area contributed by atoms with E-state index in [-0.39, 0.29) is 30.0 Å². The van der Waals surface area contributed by atoms with Crippen LogP contribution in [0.25, 0.3) is 0 Å². The number of amides is 2. The number of nitrogens with one attached hydrogen (secondary N) is 3. The Morgan fingerprint density at radius 1 is 1.24 bits per heavy atom. The Kier molecular flexibility index (Phi) is 9.22. The molecule has 0 atom stereocenters. The maximum atomic E-state index is 12.2. The minimum absolute atomic E-state index is 0. The van der Waals surface area contributed by atoms with Crippen LogP contribution >= 0.6 is 23.7 Å². The van der Waals surface area contributed by atoms with E-state index in [2.05, 4.69) is 16.0 Å². The zero-order valence-electron chi connectivity index (χ0n) is 14.1. The molecule has 0 aliphatic heterocycles. The molecule has 2 amide bonds. The van der Waals surface area contributed by atoms with Crippen LogP contribution in [0.5, 0.6) is 0 Å². The molecular formula is C16H22ClN3O4S. The maximum Gasteiger partial charge on any atom is 0.291 e. The number of aryl methyl sites for hydroxylation is 1. The van der Waals surface area contributed by atoms with Gasteiger partial charge >= 0.3 is 0 Å². The summed E-state index contributed by atoms with van der Waals surface area (Å²) in [6, 6.07) is 5.01. The Morgan fingerprint density at radius 2 is 2.04 bits per heavy atom.